The Morgan fingerprint density at radius 2 is 0.896 bits per heavy atom. The first-order valence-electron chi connectivity index (χ1n) is 29.7. The molecule has 1 amide bonds. The van der Waals surface area contributed by atoms with E-state index in [0.717, 1.165) is 89.9 Å². The van der Waals surface area contributed by atoms with Gasteiger partial charge in [-0.1, -0.05) is 179 Å². The second-order valence-corrected chi connectivity index (χ2v) is 21.4. The number of hydrogen-bond donors (Lipinski definition) is 12. The van der Waals surface area contributed by atoms with Crippen LogP contribution in [0.25, 0.3) is 0 Å². The minimum atomic E-state index is -1.97. The summed E-state index contributed by atoms with van der Waals surface area (Å²) in [6, 6.07) is -0.891. The monoisotopic (exact) mass is 1100 g/mol. The number of nitrogens with one attached hydrogen (secondary N) is 1. The van der Waals surface area contributed by atoms with Crippen molar-refractivity contribution >= 4 is 5.91 Å². The summed E-state index contributed by atoms with van der Waals surface area (Å²) in [5.41, 5.74) is 0. The van der Waals surface area contributed by atoms with Crippen LogP contribution in [-0.4, -0.2) is 193 Å². The predicted octanol–water partition coefficient (Wildman–Crippen LogP) is 4.93. The number of carbonyl (C=O) groups excluding carboxylic acids is 1. The van der Waals surface area contributed by atoms with Crippen LogP contribution in [0.15, 0.2) is 36.5 Å². The molecule has 19 nitrogen and oxygen atoms in total. The van der Waals surface area contributed by atoms with Crippen molar-refractivity contribution in [1.29, 1.82) is 0 Å². The highest BCUT2D eigenvalue weighted by molar-refractivity contribution is 5.76. The second-order valence-electron chi connectivity index (χ2n) is 21.4. The molecule has 3 aliphatic rings. The number of aliphatic hydroxyl groups excluding tert-OH is 11. The van der Waals surface area contributed by atoms with Crippen molar-refractivity contribution in [2.45, 2.75) is 298 Å². The SMILES string of the molecule is CC/C=C\C/C=C\C/C=C\CCCCCCCCCC(=O)NC(COC1OC(CO)C(OC2OC(CO)C(OC3OC(CO)C(O)C(O)C3O)C(O)C2O)C(O)C1O)C(O)CCCCCCCCCCCCCCCCC. The van der Waals surface area contributed by atoms with Gasteiger partial charge >= 0.3 is 0 Å². The van der Waals surface area contributed by atoms with Crippen LogP contribution in [-0.2, 0) is 33.2 Å². The molecule has 3 aliphatic heterocycles. The average molecular weight is 1100 g/mol. The molecule has 0 saturated carbocycles. The zero-order valence-corrected chi connectivity index (χ0v) is 46.7. The lowest BCUT2D eigenvalue weighted by Gasteiger charge is -2.48. The Morgan fingerprint density at radius 3 is 1.40 bits per heavy atom. The number of hydrogen-bond acceptors (Lipinski definition) is 18. The minimum Gasteiger partial charge on any atom is -0.394 e. The maximum absolute atomic E-state index is 13.3. The molecule has 450 valence electrons. The highest BCUT2D eigenvalue weighted by Gasteiger charge is 2.53. The van der Waals surface area contributed by atoms with Crippen molar-refractivity contribution in [2.24, 2.45) is 0 Å². The standard InChI is InChI=1S/C58H105NO18/c1-3-5-7-9-11-13-15-17-19-20-22-24-26-28-30-32-34-36-46(64)59-41(42(63)35-33-31-29-27-25-23-21-18-16-14-12-10-8-6-4-2)40-72-56-52(70)49(67)54(44(38-61)74-56)77-58-53(71)50(68)55(45(39-62)75-58)76-57-51(69)48(66)47(65)43(37-60)73-57/h5,7,11,13,17,19,41-45,47-58,60-63,65-71H,3-4,6,8-10,12,14-16,18,20-40H2,1-2H3,(H,59,64)/b7-5-,13-11-,19-17-. The topological polar surface area (TPSA) is 307 Å². The third-order valence-electron chi connectivity index (χ3n) is 15.0. The predicted molar refractivity (Wildman–Crippen MR) is 291 cm³/mol. The molecule has 3 fully saturated rings. The molecular formula is C58H105NO18. The maximum Gasteiger partial charge on any atom is 0.220 e. The number of allylic oxidation sites excluding steroid dienone is 6. The van der Waals surface area contributed by atoms with Gasteiger partial charge in [0.1, 0.15) is 73.2 Å². The van der Waals surface area contributed by atoms with Gasteiger partial charge in [-0.3, -0.25) is 4.79 Å². The third kappa shape index (κ3) is 26.2. The van der Waals surface area contributed by atoms with Gasteiger partial charge < -0.3 is 89.9 Å². The van der Waals surface area contributed by atoms with Gasteiger partial charge in [0.25, 0.3) is 0 Å². The largest absolute Gasteiger partial charge is 0.394 e. The van der Waals surface area contributed by atoms with Gasteiger partial charge in [0.05, 0.1) is 38.6 Å². The van der Waals surface area contributed by atoms with Crippen LogP contribution in [0.1, 0.15) is 194 Å². The highest BCUT2D eigenvalue weighted by Crippen LogP contribution is 2.33. The summed E-state index contributed by atoms with van der Waals surface area (Å²) in [4.78, 5) is 13.3. The Labute approximate surface area is 460 Å². The molecule has 19 heteroatoms. The van der Waals surface area contributed by atoms with Crippen molar-refractivity contribution < 1.29 is 89.4 Å². The molecule has 12 N–H and O–H groups in total. The Balaban J connectivity index is 1.50. The molecule has 0 aromatic rings. The Bertz CT molecular complexity index is 1550. The molecule has 3 heterocycles. The van der Waals surface area contributed by atoms with Crippen LogP contribution in [0.3, 0.4) is 0 Å². The van der Waals surface area contributed by atoms with Crippen LogP contribution in [0, 0.1) is 0 Å². The number of rotatable bonds is 43. The summed E-state index contributed by atoms with van der Waals surface area (Å²) in [6.45, 7) is 1.66. The molecule has 0 bridgehead atoms. The van der Waals surface area contributed by atoms with Crippen molar-refractivity contribution in [3.05, 3.63) is 36.5 Å². The molecule has 17 unspecified atom stereocenters. The molecule has 0 aromatic carbocycles. The van der Waals surface area contributed by atoms with Gasteiger partial charge in [-0.05, 0) is 44.9 Å². The fourth-order valence-corrected chi connectivity index (χ4v) is 10.1. The van der Waals surface area contributed by atoms with Gasteiger partial charge in [0, 0.05) is 6.42 Å². The lowest BCUT2D eigenvalue weighted by atomic mass is 9.96. The highest BCUT2D eigenvalue weighted by atomic mass is 16.8. The van der Waals surface area contributed by atoms with E-state index in [1.807, 2.05) is 0 Å². The van der Waals surface area contributed by atoms with Crippen LogP contribution in [0.5, 0.6) is 0 Å². The van der Waals surface area contributed by atoms with Crippen LogP contribution in [0.4, 0.5) is 0 Å². The third-order valence-corrected chi connectivity index (χ3v) is 15.0. The van der Waals surface area contributed by atoms with E-state index >= 15 is 0 Å². The summed E-state index contributed by atoms with van der Waals surface area (Å²) in [7, 11) is 0. The first-order chi connectivity index (χ1) is 37.3. The molecule has 3 saturated heterocycles. The van der Waals surface area contributed by atoms with E-state index in [4.69, 9.17) is 28.4 Å². The number of ether oxygens (including phenoxy) is 6. The molecule has 0 aromatic heterocycles. The smallest absolute Gasteiger partial charge is 0.220 e. The molecule has 0 spiro atoms. The van der Waals surface area contributed by atoms with Crippen LogP contribution >= 0.6 is 0 Å². The summed E-state index contributed by atoms with van der Waals surface area (Å²) >= 11 is 0. The summed E-state index contributed by atoms with van der Waals surface area (Å²) in [5, 5.41) is 120. The van der Waals surface area contributed by atoms with Crippen molar-refractivity contribution in [3.8, 4) is 0 Å². The lowest BCUT2D eigenvalue weighted by molar-refractivity contribution is -0.379. The number of aliphatic hydroxyl groups is 11. The molecule has 3 rings (SSSR count). The first kappa shape index (κ1) is 69.3. The maximum atomic E-state index is 13.3. The molecule has 0 aliphatic carbocycles. The van der Waals surface area contributed by atoms with Gasteiger partial charge in [-0.15, -0.1) is 0 Å². The average Bonchev–Trinajstić information content (AvgIpc) is 3.44. The van der Waals surface area contributed by atoms with Crippen LogP contribution < -0.4 is 5.32 Å². The number of carbonyl (C=O) groups is 1. The fourth-order valence-electron chi connectivity index (χ4n) is 10.1. The Kier molecular flexibility index (Phi) is 37.7. The fraction of sp³-hybridized carbons (Fsp3) is 0.879. The quantitative estimate of drug-likeness (QED) is 0.0285. The van der Waals surface area contributed by atoms with Gasteiger partial charge in [0.2, 0.25) is 5.91 Å². The zero-order chi connectivity index (χ0) is 56.2. The van der Waals surface area contributed by atoms with Gasteiger partial charge in [-0.25, -0.2) is 0 Å². The van der Waals surface area contributed by atoms with Gasteiger partial charge in [0.15, 0.2) is 18.9 Å². The number of amides is 1. The Hall–Kier alpha value is -1.99. The van der Waals surface area contributed by atoms with Crippen molar-refractivity contribution in [3.63, 3.8) is 0 Å². The number of unbranched alkanes of at least 4 members (excludes halogenated alkanes) is 21. The van der Waals surface area contributed by atoms with E-state index < -0.39 is 124 Å². The molecular weight excluding hydrogens is 999 g/mol. The second kappa shape index (κ2) is 41.9. The van der Waals surface area contributed by atoms with E-state index in [9.17, 15) is 61.0 Å². The summed E-state index contributed by atoms with van der Waals surface area (Å²) < 4.78 is 34.3. The van der Waals surface area contributed by atoms with E-state index in [0.29, 0.717) is 12.8 Å². The first-order valence-corrected chi connectivity index (χ1v) is 29.7. The van der Waals surface area contributed by atoms with E-state index in [1.165, 1.54) is 70.6 Å². The van der Waals surface area contributed by atoms with Crippen molar-refractivity contribution in [2.75, 3.05) is 26.4 Å². The Morgan fingerprint density at radius 1 is 0.481 bits per heavy atom. The summed E-state index contributed by atoms with van der Waals surface area (Å²) in [6.07, 6.45) is 16.5. The van der Waals surface area contributed by atoms with Gasteiger partial charge in [-0.2, -0.15) is 0 Å². The van der Waals surface area contributed by atoms with Crippen molar-refractivity contribution in [1.82, 2.24) is 5.32 Å². The van der Waals surface area contributed by atoms with Crippen LogP contribution in [0.2, 0.25) is 0 Å². The van der Waals surface area contributed by atoms with E-state index in [1.54, 1.807) is 0 Å². The molecule has 77 heavy (non-hydrogen) atoms. The van der Waals surface area contributed by atoms with E-state index in [-0.39, 0.29) is 18.9 Å². The zero-order valence-electron chi connectivity index (χ0n) is 46.7. The lowest BCUT2D eigenvalue weighted by Crippen LogP contribution is -2.66. The minimum absolute atomic E-state index is 0.254. The normalized spacial score (nSPS) is 30.9. The summed E-state index contributed by atoms with van der Waals surface area (Å²) in [5.74, 6) is -0.254. The van der Waals surface area contributed by atoms with E-state index in [2.05, 4.69) is 55.6 Å². The molecule has 17 atom stereocenters. The molecule has 0 radical (unpaired) electrons.